The Hall–Kier alpha value is -2.00. The van der Waals surface area contributed by atoms with Crippen LogP contribution >= 0.6 is 0 Å². The van der Waals surface area contributed by atoms with Gasteiger partial charge in [0.15, 0.2) is 11.5 Å². The quantitative estimate of drug-likeness (QED) is 0.915. The lowest BCUT2D eigenvalue weighted by atomic mass is 9.95. The Morgan fingerprint density at radius 2 is 1.58 bits per heavy atom. The van der Waals surface area contributed by atoms with Crippen molar-refractivity contribution < 1.29 is 9.47 Å². The Labute approximate surface area is 114 Å². The van der Waals surface area contributed by atoms with Gasteiger partial charge in [-0.2, -0.15) is 0 Å². The maximum absolute atomic E-state index is 5.86. The molecule has 0 amide bonds. The van der Waals surface area contributed by atoms with Crippen molar-refractivity contribution >= 4 is 0 Å². The molecule has 0 aliphatic carbocycles. The number of hydrogen-bond acceptors (Lipinski definition) is 3. The maximum Gasteiger partial charge on any atom is 0.161 e. The molecule has 0 fully saturated rings. The lowest BCUT2D eigenvalue weighted by Gasteiger charge is -2.15. The minimum atomic E-state index is 0.462. The molecule has 0 saturated heterocycles. The first-order valence-corrected chi connectivity index (χ1v) is 6.22. The summed E-state index contributed by atoms with van der Waals surface area (Å²) in [5.74, 6) is 1.43. The summed E-state index contributed by atoms with van der Waals surface area (Å²) in [6.45, 7) is 2.55. The SMILES string of the molecule is COc1cc(CN)c(-c2ccccc2C)cc1OC. The van der Waals surface area contributed by atoms with E-state index in [2.05, 4.69) is 19.1 Å². The van der Waals surface area contributed by atoms with Gasteiger partial charge in [-0.05, 0) is 41.3 Å². The Kier molecular flexibility index (Phi) is 4.07. The van der Waals surface area contributed by atoms with Crippen LogP contribution in [-0.2, 0) is 6.54 Å². The maximum atomic E-state index is 5.86. The highest BCUT2D eigenvalue weighted by Crippen LogP contribution is 2.36. The number of ether oxygens (including phenoxy) is 2. The van der Waals surface area contributed by atoms with E-state index in [0.29, 0.717) is 12.3 Å². The van der Waals surface area contributed by atoms with E-state index in [0.717, 1.165) is 16.9 Å². The van der Waals surface area contributed by atoms with E-state index in [1.54, 1.807) is 14.2 Å². The molecular weight excluding hydrogens is 238 g/mol. The van der Waals surface area contributed by atoms with E-state index in [4.69, 9.17) is 15.2 Å². The minimum Gasteiger partial charge on any atom is -0.493 e. The van der Waals surface area contributed by atoms with Crippen LogP contribution in [0.15, 0.2) is 36.4 Å². The standard InChI is InChI=1S/C16H19NO2/c1-11-6-4-5-7-13(11)14-9-16(19-3)15(18-2)8-12(14)10-17/h4-9H,10,17H2,1-3H3. The molecule has 2 aromatic carbocycles. The van der Waals surface area contributed by atoms with Crippen LogP contribution in [0.3, 0.4) is 0 Å². The zero-order valence-electron chi connectivity index (χ0n) is 11.6. The molecule has 0 heterocycles. The van der Waals surface area contributed by atoms with Crippen molar-refractivity contribution in [2.24, 2.45) is 5.73 Å². The second-order valence-electron chi connectivity index (χ2n) is 4.38. The van der Waals surface area contributed by atoms with E-state index < -0.39 is 0 Å². The predicted octanol–water partition coefficient (Wildman–Crippen LogP) is 3.14. The number of benzene rings is 2. The Morgan fingerprint density at radius 1 is 0.947 bits per heavy atom. The van der Waals surface area contributed by atoms with Gasteiger partial charge in [0.1, 0.15) is 0 Å². The van der Waals surface area contributed by atoms with Crippen molar-refractivity contribution in [1.82, 2.24) is 0 Å². The average molecular weight is 257 g/mol. The van der Waals surface area contributed by atoms with Crippen molar-refractivity contribution in [3.63, 3.8) is 0 Å². The summed E-state index contributed by atoms with van der Waals surface area (Å²) < 4.78 is 10.7. The monoisotopic (exact) mass is 257 g/mol. The number of rotatable bonds is 4. The third-order valence-electron chi connectivity index (χ3n) is 3.26. The highest BCUT2D eigenvalue weighted by molar-refractivity contribution is 5.73. The van der Waals surface area contributed by atoms with E-state index in [1.807, 2.05) is 24.3 Å². The summed E-state index contributed by atoms with van der Waals surface area (Å²) >= 11 is 0. The molecular formula is C16H19NO2. The van der Waals surface area contributed by atoms with Crippen LogP contribution in [0, 0.1) is 6.92 Å². The number of nitrogens with two attached hydrogens (primary N) is 1. The van der Waals surface area contributed by atoms with E-state index in [-0.39, 0.29) is 0 Å². The van der Waals surface area contributed by atoms with Gasteiger partial charge in [-0.25, -0.2) is 0 Å². The molecule has 0 aromatic heterocycles. The van der Waals surface area contributed by atoms with Crippen molar-refractivity contribution in [2.75, 3.05) is 14.2 Å². The lowest BCUT2D eigenvalue weighted by Crippen LogP contribution is -2.02. The van der Waals surface area contributed by atoms with E-state index >= 15 is 0 Å². The lowest BCUT2D eigenvalue weighted by molar-refractivity contribution is 0.354. The zero-order valence-corrected chi connectivity index (χ0v) is 11.6. The van der Waals surface area contributed by atoms with Gasteiger partial charge in [-0.15, -0.1) is 0 Å². The highest BCUT2D eigenvalue weighted by Gasteiger charge is 2.12. The molecule has 2 N–H and O–H groups in total. The van der Waals surface area contributed by atoms with Crippen LogP contribution in [-0.4, -0.2) is 14.2 Å². The molecule has 2 aromatic rings. The Morgan fingerprint density at radius 3 is 2.16 bits per heavy atom. The fraction of sp³-hybridized carbons (Fsp3) is 0.250. The zero-order chi connectivity index (χ0) is 13.8. The molecule has 0 aliphatic heterocycles. The number of methoxy groups -OCH3 is 2. The van der Waals surface area contributed by atoms with E-state index in [1.165, 1.54) is 11.1 Å². The molecule has 0 atom stereocenters. The molecule has 19 heavy (non-hydrogen) atoms. The largest absolute Gasteiger partial charge is 0.493 e. The summed E-state index contributed by atoms with van der Waals surface area (Å²) in [5, 5.41) is 0. The second kappa shape index (κ2) is 5.76. The van der Waals surface area contributed by atoms with Crippen LogP contribution in [0.25, 0.3) is 11.1 Å². The average Bonchev–Trinajstić information content (AvgIpc) is 2.46. The van der Waals surface area contributed by atoms with E-state index in [9.17, 15) is 0 Å². The third kappa shape index (κ3) is 2.56. The van der Waals surface area contributed by atoms with Gasteiger partial charge in [0.05, 0.1) is 14.2 Å². The van der Waals surface area contributed by atoms with Crippen LogP contribution in [0.1, 0.15) is 11.1 Å². The Bertz CT molecular complexity index is 579. The minimum absolute atomic E-state index is 0.462. The van der Waals surface area contributed by atoms with Crippen LogP contribution in [0.5, 0.6) is 11.5 Å². The van der Waals surface area contributed by atoms with Crippen molar-refractivity contribution in [3.8, 4) is 22.6 Å². The highest BCUT2D eigenvalue weighted by atomic mass is 16.5. The van der Waals surface area contributed by atoms with Crippen molar-refractivity contribution in [1.29, 1.82) is 0 Å². The van der Waals surface area contributed by atoms with Gasteiger partial charge >= 0.3 is 0 Å². The molecule has 0 spiro atoms. The summed E-state index contributed by atoms with van der Waals surface area (Å²) in [7, 11) is 3.27. The number of hydrogen-bond donors (Lipinski definition) is 1. The number of aryl methyl sites for hydroxylation is 1. The van der Waals surface area contributed by atoms with Crippen LogP contribution < -0.4 is 15.2 Å². The fourth-order valence-corrected chi connectivity index (χ4v) is 2.22. The van der Waals surface area contributed by atoms with Gasteiger partial charge in [-0.3, -0.25) is 0 Å². The molecule has 3 nitrogen and oxygen atoms in total. The molecule has 100 valence electrons. The van der Waals surface area contributed by atoms with Gasteiger partial charge < -0.3 is 15.2 Å². The van der Waals surface area contributed by atoms with Gasteiger partial charge in [0.2, 0.25) is 0 Å². The molecule has 0 radical (unpaired) electrons. The Balaban J connectivity index is 2.65. The van der Waals surface area contributed by atoms with Gasteiger partial charge in [0, 0.05) is 6.54 Å². The third-order valence-corrected chi connectivity index (χ3v) is 3.26. The summed E-state index contributed by atoms with van der Waals surface area (Å²) in [6.07, 6.45) is 0. The molecule has 0 saturated carbocycles. The fourth-order valence-electron chi connectivity index (χ4n) is 2.22. The van der Waals surface area contributed by atoms with Gasteiger partial charge in [0.25, 0.3) is 0 Å². The normalized spacial score (nSPS) is 10.3. The molecule has 3 heteroatoms. The summed E-state index contributed by atoms with van der Waals surface area (Å²) in [6, 6.07) is 12.2. The van der Waals surface area contributed by atoms with Crippen LogP contribution in [0.4, 0.5) is 0 Å². The van der Waals surface area contributed by atoms with Crippen molar-refractivity contribution in [2.45, 2.75) is 13.5 Å². The van der Waals surface area contributed by atoms with Gasteiger partial charge in [-0.1, -0.05) is 24.3 Å². The molecule has 0 unspecified atom stereocenters. The smallest absolute Gasteiger partial charge is 0.161 e. The van der Waals surface area contributed by atoms with Crippen molar-refractivity contribution in [3.05, 3.63) is 47.5 Å². The topological polar surface area (TPSA) is 44.5 Å². The summed E-state index contributed by atoms with van der Waals surface area (Å²) in [5.41, 5.74) is 10.4. The van der Waals surface area contributed by atoms with Crippen LogP contribution in [0.2, 0.25) is 0 Å². The first-order chi connectivity index (χ1) is 9.21. The predicted molar refractivity (Wildman–Crippen MR) is 77.6 cm³/mol. The molecule has 2 rings (SSSR count). The second-order valence-corrected chi connectivity index (χ2v) is 4.38. The first-order valence-electron chi connectivity index (χ1n) is 6.22. The molecule has 0 bridgehead atoms. The molecule has 0 aliphatic rings. The first kappa shape index (κ1) is 13.4. The summed E-state index contributed by atoms with van der Waals surface area (Å²) in [4.78, 5) is 0.